The molecule has 2 amide bonds. The molecule has 0 aromatic heterocycles. The molecule has 1 aliphatic rings. The van der Waals surface area contributed by atoms with Crippen LogP contribution in [0.5, 0.6) is 0 Å². The van der Waals surface area contributed by atoms with E-state index in [0.717, 1.165) is 32.2 Å². The Bertz CT molecular complexity index is 274. The third kappa shape index (κ3) is 5.23. The van der Waals surface area contributed by atoms with Crippen molar-refractivity contribution in [1.82, 2.24) is 10.2 Å². The maximum Gasteiger partial charge on any atom is 0.242 e. The number of hydrogen-bond donors (Lipinski definition) is 2. The van der Waals surface area contributed by atoms with Crippen LogP contribution < -0.4 is 11.1 Å². The van der Waals surface area contributed by atoms with Gasteiger partial charge in [-0.15, -0.1) is 12.4 Å². The standard InChI is InChI=1S/C12H23N3O2.ClH/c1-10-12(17)14-8-9-15(10)11(16)6-4-2-3-5-7-13;/h10H,2-9,13H2,1H3,(H,14,17);1H. The molecule has 1 aliphatic heterocycles. The second-order valence-electron chi connectivity index (χ2n) is 4.51. The van der Waals surface area contributed by atoms with Crippen LogP contribution in [0.2, 0.25) is 0 Å². The first kappa shape index (κ1) is 17.2. The van der Waals surface area contributed by atoms with Crippen molar-refractivity contribution in [2.45, 2.75) is 45.1 Å². The zero-order chi connectivity index (χ0) is 12.7. The van der Waals surface area contributed by atoms with Crippen molar-refractivity contribution < 1.29 is 9.59 Å². The third-order valence-electron chi connectivity index (χ3n) is 3.16. The molecule has 1 unspecified atom stereocenters. The minimum Gasteiger partial charge on any atom is -0.353 e. The molecule has 0 aromatic rings. The maximum absolute atomic E-state index is 11.9. The van der Waals surface area contributed by atoms with E-state index in [1.165, 1.54) is 0 Å². The third-order valence-corrected chi connectivity index (χ3v) is 3.16. The molecule has 0 aliphatic carbocycles. The van der Waals surface area contributed by atoms with Crippen molar-refractivity contribution in [3.63, 3.8) is 0 Å². The fourth-order valence-electron chi connectivity index (χ4n) is 2.04. The minimum absolute atomic E-state index is 0. The Balaban J connectivity index is 0.00000289. The number of piperazine rings is 1. The average Bonchev–Trinajstić information content (AvgIpc) is 2.32. The van der Waals surface area contributed by atoms with Crippen molar-refractivity contribution in [2.24, 2.45) is 5.73 Å². The molecule has 106 valence electrons. The molecule has 6 heteroatoms. The number of rotatable bonds is 6. The highest BCUT2D eigenvalue weighted by Gasteiger charge is 2.28. The number of halogens is 1. The predicted octanol–water partition coefficient (Wildman–Crippen LogP) is 0.664. The molecule has 0 bridgehead atoms. The minimum atomic E-state index is -0.319. The van der Waals surface area contributed by atoms with Gasteiger partial charge in [0.1, 0.15) is 6.04 Å². The second kappa shape index (κ2) is 9.16. The summed E-state index contributed by atoms with van der Waals surface area (Å²) in [6, 6.07) is -0.319. The molecule has 1 atom stereocenters. The van der Waals surface area contributed by atoms with E-state index in [4.69, 9.17) is 5.73 Å². The first-order valence-corrected chi connectivity index (χ1v) is 6.44. The van der Waals surface area contributed by atoms with Gasteiger partial charge in [-0.25, -0.2) is 0 Å². The van der Waals surface area contributed by atoms with Crippen molar-refractivity contribution >= 4 is 24.2 Å². The number of nitrogens with one attached hydrogen (secondary N) is 1. The Morgan fingerprint density at radius 1 is 1.39 bits per heavy atom. The Labute approximate surface area is 115 Å². The van der Waals surface area contributed by atoms with Gasteiger partial charge in [-0.3, -0.25) is 9.59 Å². The predicted molar refractivity (Wildman–Crippen MR) is 73.6 cm³/mol. The molecule has 1 rings (SSSR count). The van der Waals surface area contributed by atoms with Crippen LogP contribution in [-0.2, 0) is 9.59 Å². The number of hydrogen-bond acceptors (Lipinski definition) is 3. The summed E-state index contributed by atoms with van der Waals surface area (Å²) in [7, 11) is 0. The van der Waals surface area contributed by atoms with E-state index in [1.807, 2.05) is 0 Å². The average molecular weight is 278 g/mol. The van der Waals surface area contributed by atoms with Crippen LogP contribution in [0, 0.1) is 0 Å². The molecular formula is C12H24ClN3O2. The van der Waals surface area contributed by atoms with Gasteiger partial charge in [-0.1, -0.05) is 12.8 Å². The molecule has 0 spiro atoms. The zero-order valence-electron chi connectivity index (χ0n) is 11.0. The Hall–Kier alpha value is -0.810. The summed E-state index contributed by atoms with van der Waals surface area (Å²) < 4.78 is 0. The Morgan fingerprint density at radius 2 is 2.06 bits per heavy atom. The van der Waals surface area contributed by atoms with Crippen molar-refractivity contribution in [3.05, 3.63) is 0 Å². The molecule has 5 nitrogen and oxygen atoms in total. The van der Waals surface area contributed by atoms with E-state index in [1.54, 1.807) is 11.8 Å². The van der Waals surface area contributed by atoms with Gasteiger partial charge in [0, 0.05) is 19.5 Å². The fraction of sp³-hybridized carbons (Fsp3) is 0.833. The van der Waals surface area contributed by atoms with Gasteiger partial charge in [0.05, 0.1) is 0 Å². The molecule has 1 fully saturated rings. The topological polar surface area (TPSA) is 75.4 Å². The number of amides is 2. The van der Waals surface area contributed by atoms with Crippen LogP contribution in [0.4, 0.5) is 0 Å². The lowest BCUT2D eigenvalue weighted by atomic mass is 10.1. The normalized spacial score (nSPS) is 19.1. The molecule has 0 radical (unpaired) electrons. The Morgan fingerprint density at radius 3 is 2.72 bits per heavy atom. The van der Waals surface area contributed by atoms with Crippen LogP contribution in [0.15, 0.2) is 0 Å². The van der Waals surface area contributed by atoms with E-state index in [-0.39, 0.29) is 30.3 Å². The van der Waals surface area contributed by atoms with Gasteiger partial charge in [-0.05, 0) is 26.3 Å². The van der Waals surface area contributed by atoms with Crippen molar-refractivity contribution in [3.8, 4) is 0 Å². The van der Waals surface area contributed by atoms with Gasteiger partial charge in [0.25, 0.3) is 0 Å². The molecule has 3 N–H and O–H groups in total. The SMILES string of the molecule is CC1C(=O)NCCN1C(=O)CCCCCCN.Cl. The van der Waals surface area contributed by atoms with E-state index < -0.39 is 0 Å². The smallest absolute Gasteiger partial charge is 0.242 e. The summed E-state index contributed by atoms with van der Waals surface area (Å²) in [4.78, 5) is 25.0. The quantitative estimate of drug-likeness (QED) is 0.701. The zero-order valence-corrected chi connectivity index (χ0v) is 11.8. The summed E-state index contributed by atoms with van der Waals surface area (Å²) in [6.07, 6.45) is 4.58. The van der Waals surface area contributed by atoms with Crippen molar-refractivity contribution in [2.75, 3.05) is 19.6 Å². The molecule has 0 aromatic carbocycles. The summed E-state index contributed by atoms with van der Waals surface area (Å²) in [5.74, 6) is 0.0489. The monoisotopic (exact) mass is 277 g/mol. The van der Waals surface area contributed by atoms with Crippen LogP contribution in [0.3, 0.4) is 0 Å². The van der Waals surface area contributed by atoms with Gasteiger partial charge < -0.3 is 16.0 Å². The molecule has 0 saturated carbocycles. The first-order valence-electron chi connectivity index (χ1n) is 6.44. The lowest BCUT2D eigenvalue weighted by Gasteiger charge is -2.32. The van der Waals surface area contributed by atoms with Gasteiger partial charge in [-0.2, -0.15) is 0 Å². The van der Waals surface area contributed by atoms with E-state index in [9.17, 15) is 9.59 Å². The van der Waals surface area contributed by atoms with Crippen molar-refractivity contribution in [1.29, 1.82) is 0 Å². The highest BCUT2D eigenvalue weighted by Crippen LogP contribution is 2.10. The lowest BCUT2D eigenvalue weighted by molar-refractivity contribution is -0.142. The molecular weight excluding hydrogens is 254 g/mol. The first-order chi connectivity index (χ1) is 8.16. The summed E-state index contributed by atoms with van der Waals surface area (Å²) in [6.45, 7) is 3.70. The van der Waals surface area contributed by atoms with Crippen LogP contribution in [0.25, 0.3) is 0 Å². The van der Waals surface area contributed by atoms with Crippen LogP contribution in [0.1, 0.15) is 39.0 Å². The Kier molecular flexibility index (Phi) is 8.75. The maximum atomic E-state index is 11.9. The number of nitrogens with two attached hydrogens (primary N) is 1. The van der Waals surface area contributed by atoms with Gasteiger partial charge in [0.2, 0.25) is 11.8 Å². The van der Waals surface area contributed by atoms with Crippen LogP contribution in [-0.4, -0.2) is 42.4 Å². The molecule has 18 heavy (non-hydrogen) atoms. The summed E-state index contributed by atoms with van der Waals surface area (Å²) >= 11 is 0. The van der Waals surface area contributed by atoms with Gasteiger partial charge in [0.15, 0.2) is 0 Å². The lowest BCUT2D eigenvalue weighted by Crippen LogP contribution is -2.55. The summed E-state index contributed by atoms with van der Waals surface area (Å²) in [5, 5.41) is 2.75. The number of nitrogens with zero attached hydrogens (tertiary/aromatic N) is 1. The highest BCUT2D eigenvalue weighted by atomic mass is 35.5. The number of carbonyl (C=O) groups excluding carboxylic acids is 2. The largest absolute Gasteiger partial charge is 0.353 e. The highest BCUT2D eigenvalue weighted by molar-refractivity contribution is 5.88. The van der Waals surface area contributed by atoms with E-state index in [2.05, 4.69) is 5.32 Å². The molecule has 1 saturated heterocycles. The van der Waals surface area contributed by atoms with Gasteiger partial charge >= 0.3 is 0 Å². The van der Waals surface area contributed by atoms with E-state index >= 15 is 0 Å². The second-order valence-corrected chi connectivity index (χ2v) is 4.51. The molecule has 1 heterocycles. The van der Waals surface area contributed by atoms with Crippen LogP contribution >= 0.6 is 12.4 Å². The summed E-state index contributed by atoms with van der Waals surface area (Å²) in [5.41, 5.74) is 5.40. The van der Waals surface area contributed by atoms with E-state index in [0.29, 0.717) is 19.5 Å². The number of carbonyl (C=O) groups is 2. The fourth-order valence-corrected chi connectivity index (χ4v) is 2.04. The number of unbranched alkanes of at least 4 members (excludes halogenated alkanes) is 3.